The van der Waals surface area contributed by atoms with E-state index in [2.05, 4.69) is 11.9 Å². The summed E-state index contributed by atoms with van der Waals surface area (Å²) in [6, 6.07) is 6.29. The minimum atomic E-state index is -0.291. The van der Waals surface area contributed by atoms with Gasteiger partial charge in [0.2, 0.25) is 0 Å². The zero-order valence-corrected chi connectivity index (χ0v) is 7.76. The summed E-state index contributed by atoms with van der Waals surface area (Å²) in [6.07, 6.45) is 1.70. The molecule has 0 atom stereocenters. The van der Waals surface area contributed by atoms with Crippen LogP contribution < -0.4 is 5.32 Å². The Hall–Kier alpha value is -1.66. The molecule has 1 aromatic rings. The van der Waals surface area contributed by atoms with Crippen LogP contribution in [0.3, 0.4) is 0 Å². The van der Waals surface area contributed by atoms with Crippen molar-refractivity contribution in [1.82, 2.24) is 5.32 Å². The van der Waals surface area contributed by atoms with Crippen molar-refractivity contribution in [2.24, 2.45) is 0 Å². The van der Waals surface area contributed by atoms with Gasteiger partial charge >= 0.3 is 0 Å². The highest BCUT2D eigenvalue weighted by molar-refractivity contribution is 5.33. The van der Waals surface area contributed by atoms with Crippen LogP contribution in [0.25, 0.3) is 0 Å². The highest BCUT2D eigenvalue weighted by Crippen LogP contribution is 2.09. The molecule has 0 bridgehead atoms. The van der Waals surface area contributed by atoms with Crippen LogP contribution in [0.1, 0.15) is 11.1 Å². The van der Waals surface area contributed by atoms with Crippen molar-refractivity contribution in [3.63, 3.8) is 0 Å². The van der Waals surface area contributed by atoms with E-state index < -0.39 is 0 Å². The first kappa shape index (κ1) is 10.4. The molecule has 0 heterocycles. The van der Waals surface area contributed by atoms with Crippen LogP contribution in [0.15, 0.2) is 30.9 Å². The fraction of sp³-hybridized carbons (Fsp3) is 0.182. The normalized spacial score (nSPS) is 9.43. The van der Waals surface area contributed by atoms with E-state index in [0.29, 0.717) is 24.2 Å². The molecular formula is C11H11FN2. The molecule has 1 N–H and O–H groups in total. The maximum atomic E-state index is 13.2. The third-order valence-corrected chi connectivity index (χ3v) is 1.78. The van der Waals surface area contributed by atoms with Crippen molar-refractivity contribution >= 4 is 0 Å². The summed E-state index contributed by atoms with van der Waals surface area (Å²) >= 11 is 0. The monoisotopic (exact) mass is 190 g/mol. The van der Waals surface area contributed by atoms with Gasteiger partial charge < -0.3 is 5.32 Å². The Kier molecular flexibility index (Phi) is 3.84. The van der Waals surface area contributed by atoms with Gasteiger partial charge in [0.15, 0.2) is 0 Å². The summed E-state index contributed by atoms with van der Waals surface area (Å²) in [5.74, 6) is -0.291. The molecule has 0 saturated heterocycles. The number of nitriles is 1. The predicted octanol–water partition coefficient (Wildman–Crippen LogP) is 1.97. The van der Waals surface area contributed by atoms with Gasteiger partial charge in [0, 0.05) is 18.7 Å². The molecule has 0 fully saturated rings. The highest BCUT2D eigenvalue weighted by atomic mass is 19.1. The minimum absolute atomic E-state index is 0.291. The second kappa shape index (κ2) is 5.15. The number of nitrogens with zero attached hydrogens (tertiary/aromatic N) is 1. The molecule has 3 heteroatoms. The zero-order valence-electron chi connectivity index (χ0n) is 7.76. The predicted molar refractivity (Wildman–Crippen MR) is 53.0 cm³/mol. The summed E-state index contributed by atoms with van der Waals surface area (Å²) < 4.78 is 13.2. The van der Waals surface area contributed by atoms with Gasteiger partial charge in [-0.3, -0.25) is 0 Å². The maximum Gasteiger partial charge on any atom is 0.127 e. The van der Waals surface area contributed by atoms with Crippen molar-refractivity contribution in [2.45, 2.75) is 6.54 Å². The van der Waals surface area contributed by atoms with E-state index in [4.69, 9.17) is 5.26 Å². The van der Waals surface area contributed by atoms with Gasteiger partial charge in [-0.2, -0.15) is 5.26 Å². The van der Waals surface area contributed by atoms with Gasteiger partial charge in [-0.15, -0.1) is 6.58 Å². The molecule has 0 aliphatic heterocycles. The van der Waals surface area contributed by atoms with E-state index in [1.807, 2.05) is 6.07 Å². The summed E-state index contributed by atoms with van der Waals surface area (Å²) in [5, 5.41) is 11.6. The third-order valence-electron chi connectivity index (χ3n) is 1.78. The number of rotatable bonds is 4. The second-order valence-corrected chi connectivity index (χ2v) is 2.84. The van der Waals surface area contributed by atoms with Crippen LogP contribution >= 0.6 is 0 Å². The highest BCUT2D eigenvalue weighted by Gasteiger charge is 2.02. The Bertz CT molecular complexity index is 366. The Morgan fingerprint density at radius 3 is 3.00 bits per heavy atom. The van der Waals surface area contributed by atoms with E-state index in [1.165, 1.54) is 12.1 Å². The number of halogens is 1. The summed E-state index contributed by atoms with van der Waals surface area (Å²) in [6.45, 7) is 4.57. The lowest BCUT2D eigenvalue weighted by atomic mass is 10.1. The van der Waals surface area contributed by atoms with Crippen molar-refractivity contribution in [3.8, 4) is 6.07 Å². The molecule has 0 amide bonds. The van der Waals surface area contributed by atoms with E-state index in [-0.39, 0.29) is 5.82 Å². The molecule has 0 radical (unpaired) electrons. The van der Waals surface area contributed by atoms with Crippen molar-refractivity contribution in [2.75, 3.05) is 6.54 Å². The molecule has 0 aliphatic rings. The molecule has 0 unspecified atom stereocenters. The Morgan fingerprint density at radius 1 is 1.57 bits per heavy atom. The number of nitrogens with one attached hydrogen (secondary N) is 1. The number of hydrogen-bond donors (Lipinski definition) is 1. The SMILES string of the molecule is C=CCNCc1cc(C#N)ccc1F. The van der Waals surface area contributed by atoms with Gasteiger partial charge in [-0.25, -0.2) is 4.39 Å². The molecular weight excluding hydrogens is 179 g/mol. The smallest absolute Gasteiger partial charge is 0.127 e. The summed E-state index contributed by atoms with van der Waals surface area (Å²) in [4.78, 5) is 0. The van der Waals surface area contributed by atoms with Crippen LogP contribution in [0.5, 0.6) is 0 Å². The molecule has 0 aliphatic carbocycles. The zero-order chi connectivity index (χ0) is 10.4. The molecule has 1 aromatic carbocycles. The minimum Gasteiger partial charge on any atom is -0.309 e. The van der Waals surface area contributed by atoms with E-state index in [9.17, 15) is 4.39 Å². The van der Waals surface area contributed by atoms with Crippen molar-refractivity contribution in [3.05, 3.63) is 47.8 Å². The molecule has 1 rings (SSSR count). The Labute approximate surface area is 82.7 Å². The third kappa shape index (κ3) is 2.68. The standard InChI is InChI=1S/C11H11FN2/c1-2-5-14-8-10-6-9(7-13)3-4-11(10)12/h2-4,6,14H,1,5,8H2. The van der Waals surface area contributed by atoms with Gasteiger partial charge in [-0.1, -0.05) is 6.08 Å². The largest absolute Gasteiger partial charge is 0.309 e. The first-order valence-electron chi connectivity index (χ1n) is 4.28. The van der Waals surface area contributed by atoms with E-state index >= 15 is 0 Å². The van der Waals surface area contributed by atoms with Crippen molar-refractivity contribution < 1.29 is 4.39 Å². The molecule has 0 spiro atoms. The number of hydrogen-bond acceptors (Lipinski definition) is 2. The second-order valence-electron chi connectivity index (χ2n) is 2.84. The first-order valence-corrected chi connectivity index (χ1v) is 4.28. The van der Waals surface area contributed by atoms with Crippen LogP contribution in [0, 0.1) is 17.1 Å². The fourth-order valence-electron chi connectivity index (χ4n) is 1.09. The molecule has 0 aromatic heterocycles. The summed E-state index contributed by atoms with van der Waals surface area (Å²) in [7, 11) is 0. The van der Waals surface area contributed by atoms with Crippen LogP contribution in [-0.2, 0) is 6.54 Å². The molecule has 2 nitrogen and oxygen atoms in total. The van der Waals surface area contributed by atoms with Gasteiger partial charge in [0.05, 0.1) is 11.6 Å². The van der Waals surface area contributed by atoms with E-state index in [1.54, 1.807) is 12.1 Å². The molecule has 14 heavy (non-hydrogen) atoms. The quantitative estimate of drug-likeness (QED) is 0.582. The van der Waals surface area contributed by atoms with Gasteiger partial charge in [0.25, 0.3) is 0 Å². The number of benzene rings is 1. The lowest BCUT2D eigenvalue weighted by Gasteiger charge is -2.03. The lowest BCUT2D eigenvalue weighted by molar-refractivity contribution is 0.596. The lowest BCUT2D eigenvalue weighted by Crippen LogP contribution is -2.13. The van der Waals surface area contributed by atoms with E-state index in [0.717, 1.165) is 0 Å². The Balaban J connectivity index is 2.74. The first-order chi connectivity index (χ1) is 6.77. The van der Waals surface area contributed by atoms with Crippen molar-refractivity contribution in [1.29, 1.82) is 5.26 Å². The topological polar surface area (TPSA) is 35.8 Å². The fourth-order valence-corrected chi connectivity index (χ4v) is 1.09. The average molecular weight is 190 g/mol. The van der Waals surface area contributed by atoms with Gasteiger partial charge in [-0.05, 0) is 18.2 Å². The molecule has 0 saturated carbocycles. The van der Waals surface area contributed by atoms with Gasteiger partial charge in [0.1, 0.15) is 5.82 Å². The summed E-state index contributed by atoms with van der Waals surface area (Å²) in [5.41, 5.74) is 0.979. The molecule has 72 valence electrons. The van der Waals surface area contributed by atoms with Crippen LogP contribution in [-0.4, -0.2) is 6.54 Å². The maximum absolute atomic E-state index is 13.2. The average Bonchev–Trinajstić information content (AvgIpc) is 2.21. The van der Waals surface area contributed by atoms with Crippen LogP contribution in [0.4, 0.5) is 4.39 Å². The van der Waals surface area contributed by atoms with Crippen LogP contribution in [0.2, 0.25) is 0 Å². The Morgan fingerprint density at radius 2 is 2.36 bits per heavy atom.